The fourth-order valence-corrected chi connectivity index (χ4v) is 5.95. The third-order valence-corrected chi connectivity index (χ3v) is 8.06. The first kappa shape index (κ1) is 24.5. The van der Waals surface area contributed by atoms with Crippen LogP contribution in [-0.2, 0) is 11.2 Å². The minimum Gasteiger partial charge on any atom is -0.491 e. The zero-order chi connectivity index (χ0) is 24.1. The van der Waals surface area contributed by atoms with Crippen molar-refractivity contribution >= 4 is 34.5 Å². The van der Waals surface area contributed by atoms with Crippen molar-refractivity contribution in [2.75, 3.05) is 26.2 Å². The fourth-order valence-electron chi connectivity index (χ4n) is 4.33. The van der Waals surface area contributed by atoms with Crippen molar-refractivity contribution in [1.82, 2.24) is 9.80 Å². The molecule has 1 aliphatic heterocycles. The van der Waals surface area contributed by atoms with E-state index < -0.39 is 0 Å². The summed E-state index contributed by atoms with van der Waals surface area (Å²) in [6, 6.07) is 13.8. The highest BCUT2D eigenvalue weighted by molar-refractivity contribution is 7.12. The van der Waals surface area contributed by atoms with Crippen molar-refractivity contribution in [3.05, 3.63) is 74.1 Å². The number of fused-ring (bicyclic) bond motifs is 1. The van der Waals surface area contributed by atoms with Gasteiger partial charge in [-0.25, -0.2) is 0 Å². The first-order valence-corrected chi connectivity index (χ1v) is 13.6. The van der Waals surface area contributed by atoms with Gasteiger partial charge in [0.2, 0.25) is 5.91 Å². The summed E-state index contributed by atoms with van der Waals surface area (Å²) < 4.78 is 6.18. The van der Waals surface area contributed by atoms with E-state index in [4.69, 9.17) is 4.74 Å². The lowest BCUT2D eigenvalue weighted by Crippen LogP contribution is -2.48. The molecule has 0 bridgehead atoms. The molecule has 0 radical (unpaired) electrons. The number of hydrogen-bond donors (Lipinski definition) is 0. The van der Waals surface area contributed by atoms with Crippen LogP contribution in [0.25, 0.3) is 0 Å². The second-order valence-corrected chi connectivity index (χ2v) is 10.8. The molecule has 5 nitrogen and oxygen atoms in total. The Bertz CT molecular complexity index is 1090. The predicted octanol–water partition coefficient (Wildman–Crippen LogP) is 5.99. The standard InChI is InChI=1S/C27H32N2O3S2/c1-4-13-28(27(31)25-6-5-15-33-25)17-26(30)29-14-11-24-22(12-16-34-24)23(29)18-32-21-9-7-20(8-10-21)19(2)3/h5-10,12,15-16,19,23H,4,11,13-14,17-18H2,1-3H3/t23-/m1/s1. The van der Waals surface area contributed by atoms with Gasteiger partial charge in [-0.3, -0.25) is 9.59 Å². The molecular formula is C27H32N2O3S2. The zero-order valence-corrected chi connectivity index (χ0v) is 21.7. The summed E-state index contributed by atoms with van der Waals surface area (Å²) in [6.45, 7) is 8.05. The minimum absolute atomic E-state index is 0.0287. The molecule has 34 heavy (non-hydrogen) atoms. The molecule has 2 aromatic heterocycles. The van der Waals surface area contributed by atoms with Crippen molar-refractivity contribution < 1.29 is 14.3 Å². The van der Waals surface area contributed by atoms with Crippen molar-refractivity contribution in [2.45, 2.75) is 45.6 Å². The predicted molar refractivity (Wildman–Crippen MR) is 139 cm³/mol. The molecule has 7 heteroatoms. The van der Waals surface area contributed by atoms with Crippen LogP contribution in [0.1, 0.15) is 64.8 Å². The molecular weight excluding hydrogens is 464 g/mol. The Kier molecular flexibility index (Phi) is 8.06. The quantitative estimate of drug-likeness (QED) is 0.366. The number of carbonyl (C=O) groups is 2. The first-order chi connectivity index (χ1) is 16.5. The Morgan fingerprint density at radius 3 is 2.59 bits per heavy atom. The van der Waals surface area contributed by atoms with Gasteiger partial charge >= 0.3 is 0 Å². The Morgan fingerprint density at radius 2 is 1.91 bits per heavy atom. The van der Waals surface area contributed by atoms with Crippen LogP contribution >= 0.6 is 22.7 Å². The van der Waals surface area contributed by atoms with E-state index >= 15 is 0 Å². The van der Waals surface area contributed by atoms with E-state index in [1.807, 2.05) is 41.5 Å². The summed E-state index contributed by atoms with van der Waals surface area (Å²) in [6.07, 6.45) is 1.64. The second-order valence-electron chi connectivity index (χ2n) is 8.89. The molecule has 4 rings (SSSR count). The molecule has 0 saturated heterocycles. The van der Waals surface area contributed by atoms with Crippen LogP contribution in [0.5, 0.6) is 5.75 Å². The average molecular weight is 497 g/mol. The fraction of sp³-hybridized carbons (Fsp3) is 0.407. The molecule has 0 spiro atoms. The highest BCUT2D eigenvalue weighted by Gasteiger charge is 2.33. The van der Waals surface area contributed by atoms with Crippen LogP contribution in [0, 0.1) is 0 Å². The van der Waals surface area contributed by atoms with Crippen molar-refractivity contribution in [3.63, 3.8) is 0 Å². The van der Waals surface area contributed by atoms with E-state index in [0.717, 1.165) is 24.2 Å². The summed E-state index contributed by atoms with van der Waals surface area (Å²) in [7, 11) is 0. The average Bonchev–Trinajstić information content (AvgIpc) is 3.54. The number of ether oxygens (including phenoxy) is 1. The monoisotopic (exact) mass is 496 g/mol. The van der Waals surface area contributed by atoms with Gasteiger partial charge in [0.15, 0.2) is 0 Å². The molecule has 2 amide bonds. The molecule has 0 saturated carbocycles. The van der Waals surface area contributed by atoms with Crippen LogP contribution in [-0.4, -0.2) is 47.9 Å². The third kappa shape index (κ3) is 5.53. The van der Waals surface area contributed by atoms with Gasteiger partial charge in [-0.05, 0) is 64.9 Å². The third-order valence-electron chi connectivity index (χ3n) is 6.21. The largest absolute Gasteiger partial charge is 0.491 e. The van der Waals surface area contributed by atoms with Gasteiger partial charge < -0.3 is 14.5 Å². The molecule has 0 N–H and O–H groups in total. The Morgan fingerprint density at radius 1 is 1.12 bits per heavy atom. The van der Waals surface area contributed by atoms with Gasteiger partial charge in [0.25, 0.3) is 5.91 Å². The maximum Gasteiger partial charge on any atom is 0.264 e. The van der Waals surface area contributed by atoms with Crippen molar-refractivity contribution in [3.8, 4) is 5.75 Å². The number of carbonyl (C=O) groups excluding carboxylic acids is 2. The molecule has 1 aliphatic rings. The highest BCUT2D eigenvalue weighted by atomic mass is 32.1. The van der Waals surface area contributed by atoms with Crippen LogP contribution in [0.15, 0.2) is 53.2 Å². The maximum absolute atomic E-state index is 13.5. The normalized spacial score (nSPS) is 15.3. The van der Waals surface area contributed by atoms with Gasteiger partial charge in [0.1, 0.15) is 18.9 Å². The van der Waals surface area contributed by atoms with Gasteiger partial charge in [-0.2, -0.15) is 0 Å². The molecule has 0 aliphatic carbocycles. The summed E-state index contributed by atoms with van der Waals surface area (Å²) >= 11 is 3.15. The molecule has 0 unspecified atom stereocenters. The van der Waals surface area contributed by atoms with E-state index in [-0.39, 0.29) is 24.4 Å². The zero-order valence-electron chi connectivity index (χ0n) is 20.0. The van der Waals surface area contributed by atoms with E-state index in [1.165, 1.54) is 21.8 Å². The Labute approximate surface area is 210 Å². The van der Waals surface area contributed by atoms with E-state index in [0.29, 0.717) is 30.5 Å². The second kappa shape index (κ2) is 11.2. The van der Waals surface area contributed by atoms with Gasteiger partial charge in [0, 0.05) is 18.0 Å². The summed E-state index contributed by atoms with van der Waals surface area (Å²) in [5.74, 6) is 1.17. The molecule has 3 aromatic rings. The van der Waals surface area contributed by atoms with Crippen LogP contribution < -0.4 is 4.74 Å². The summed E-state index contributed by atoms with van der Waals surface area (Å²) in [5.41, 5.74) is 2.43. The first-order valence-electron chi connectivity index (χ1n) is 11.9. The molecule has 1 atom stereocenters. The number of amides is 2. The lowest BCUT2D eigenvalue weighted by atomic mass is 10.00. The van der Waals surface area contributed by atoms with Crippen molar-refractivity contribution in [2.24, 2.45) is 0 Å². The number of rotatable bonds is 9. The molecule has 180 valence electrons. The minimum atomic E-state index is -0.160. The maximum atomic E-state index is 13.5. The van der Waals surface area contributed by atoms with Gasteiger partial charge in [-0.1, -0.05) is 39.0 Å². The van der Waals surface area contributed by atoms with E-state index in [9.17, 15) is 9.59 Å². The Balaban J connectivity index is 1.49. The molecule has 3 heterocycles. The lowest BCUT2D eigenvalue weighted by molar-refractivity contribution is -0.135. The number of thiophene rings is 2. The lowest BCUT2D eigenvalue weighted by Gasteiger charge is -2.37. The van der Waals surface area contributed by atoms with Gasteiger partial charge in [0.05, 0.1) is 10.9 Å². The highest BCUT2D eigenvalue weighted by Crippen LogP contribution is 2.34. The topological polar surface area (TPSA) is 49.9 Å². The number of nitrogens with zero attached hydrogens (tertiary/aromatic N) is 2. The summed E-state index contributed by atoms with van der Waals surface area (Å²) in [5, 5.41) is 3.98. The smallest absolute Gasteiger partial charge is 0.264 e. The number of benzene rings is 1. The molecule has 0 fully saturated rings. The Hall–Kier alpha value is -2.64. The number of hydrogen-bond acceptors (Lipinski definition) is 5. The van der Waals surface area contributed by atoms with Crippen LogP contribution in [0.2, 0.25) is 0 Å². The van der Waals surface area contributed by atoms with Gasteiger partial charge in [-0.15, -0.1) is 22.7 Å². The van der Waals surface area contributed by atoms with Crippen LogP contribution in [0.3, 0.4) is 0 Å². The van der Waals surface area contributed by atoms with Crippen LogP contribution in [0.4, 0.5) is 0 Å². The molecule has 1 aromatic carbocycles. The van der Waals surface area contributed by atoms with E-state index in [1.54, 1.807) is 16.2 Å². The van der Waals surface area contributed by atoms with Crippen molar-refractivity contribution in [1.29, 1.82) is 0 Å². The SMILES string of the molecule is CCCN(CC(=O)N1CCc2sccc2[C@H]1COc1ccc(C(C)C)cc1)C(=O)c1cccs1. The summed E-state index contributed by atoms with van der Waals surface area (Å²) in [4.78, 5) is 32.1. The van der Waals surface area contributed by atoms with E-state index in [2.05, 4.69) is 37.4 Å².